The van der Waals surface area contributed by atoms with Gasteiger partial charge in [0.05, 0.1) is 0 Å². The Kier molecular flexibility index (Phi) is 8.61. The van der Waals surface area contributed by atoms with Gasteiger partial charge in [-0.2, -0.15) is 0 Å². The molecule has 0 aromatic heterocycles. The normalized spacial score (nSPS) is 9.90. The number of allylic oxidation sites excluding steroid dienone is 2. The standard InChI is InChI=1S/C17H14O.2O.Ti/c18-17(13-11-15-7-3-1-4-8-15)14-12-16-9-5-2-6-10-16;;;/h1-14H;;;. The van der Waals surface area contributed by atoms with Gasteiger partial charge in [-0.3, -0.25) is 4.79 Å². The fourth-order valence-corrected chi connectivity index (χ4v) is 1.54. The molecule has 0 atom stereocenters. The van der Waals surface area contributed by atoms with E-state index in [4.69, 9.17) is 6.65 Å². The quantitative estimate of drug-likeness (QED) is 0.638. The van der Waals surface area contributed by atoms with Gasteiger partial charge >= 0.3 is 25.7 Å². The van der Waals surface area contributed by atoms with Crippen molar-refractivity contribution in [2.24, 2.45) is 0 Å². The van der Waals surface area contributed by atoms with Crippen molar-refractivity contribution >= 4 is 17.9 Å². The predicted octanol–water partition coefficient (Wildman–Crippen LogP) is 3.74. The van der Waals surface area contributed by atoms with E-state index in [1.165, 1.54) is 0 Å². The van der Waals surface area contributed by atoms with Crippen LogP contribution < -0.4 is 0 Å². The summed E-state index contributed by atoms with van der Waals surface area (Å²) in [7, 11) is 0. The molecule has 2 aromatic carbocycles. The Bertz CT molecular complexity index is 589. The maximum atomic E-state index is 11.6. The van der Waals surface area contributed by atoms with Gasteiger partial charge in [0.1, 0.15) is 0 Å². The molecule has 0 saturated heterocycles. The minimum absolute atomic E-state index is 0.0114. The molecule has 4 heteroatoms. The van der Waals surface area contributed by atoms with Crippen LogP contribution in [0.5, 0.6) is 0 Å². The number of carbonyl (C=O) groups is 1. The second-order valence-electron chi connectivity index (χ2n) is 3.97. The Morgan fingerprint density at radius 1 is 0.714 bits per heavy atom. The first-order chi connectivity index (χ1) is 10.3. The van der Waals surface area contributed by atoms with Gasteiger partial charge in [-0.1, -0.05) is 72.8 Å². The van der Waals surface area contributed by atoms with Crippen LogP contribution in [0.2, 0.25) is 0 Å². The predicted molar refractivity (Wildman–Crippen MR) is 77.3 cm³/mol. The Hall–Kier alpha value is -2.10. The van der Waals surface area contributed by atoms with Crippen LogP contribution in [-0.2, 0) is 30.5 Å². The summed E-state index contributed by atoms with van der Waals surface area (Å²) in [6, 6.07) is 19.6. The third-order valence-electron chi connectivity index (χ3n) is 2.48. The molecule has 0 aliphatic rings. The summed E-state index contributed by atoms with van der Waals surface area (Å²) in [5.41, 5.74) is 2.05. The zero-order valence-corrected chi connectivity index (χ0v) is 12.9. The van der Waals surface area contributed by atoms with Crippen molar-refractivity contribution in [3.63, 3.8) is 0 Å². The first-order valence-corrected chi connectivity index (χ1v) is 7.53. The molecule has 0 aliphatic carbocycles. The van der Waals surface area contributed by atoms with Crippen molar-refractivity contribution < 1.29 is 30.5 Å². The van der Waals surface area contributed by atoms with E-state index in [-0.39, 0.29) is 5.78 Å². The molecule has 0 amide bonds. The van der Waals surface area contributed by atoms with Crippen molar-refractivity contribution in [1.29, 1.82) is 0 Å². The van der Waals surface area contributed by atoms with Gasteiger partial charge in [-0.05, 0) is 23.3 Å². The van der Waals surface area contributed by atoms with Crippen LogP contribution in [0.4, 0.5) is 0 Å². The van der Waals surface area contributed by atoms with Gasteiger partial charge in [-0.25, -0.2) is 0 Å². The molecule has 0 N–H and O–H groups in total. The Morgan fingerprint density at radius 2 is 1.05 bits per heavy atom. The third-order valence-corrected chi connectivity index (χ3v) is 2.48. The summed E-state index contributed by atoms with van der Waals surface area (Å²) in [6.45, 7) is 0. The minimum atomic E-state index is -2.00. The van der Waals surface area contributed by atoms with Crippen LogP contribution in [0, 0.1) is 0 Å². The number of ketones is 1. The van der Waals surface area contributed by atoms with Crippen molar-refractivity contribution in [2.75, 3.05) is 0 Å². The molecule has 21 heavy (non-hydrogen) atoms. The molecule has 0 saturated carbocycles. The van der Waals surface area contributed by atoms with Crippen molar-refractivity contribution in [2.45, 2.75) is 0 Å². The summed E-state index contributed by atoms with van der Waals surface area (Å²) in [5, 5.41) is 0. The van der Waals surface area contributed by atoms with E-state index < -0.39 is 19.1 Å². The fraction of sp³-hybridized carbons (Fsp3) is 0. The summed E-state index contributed by atoms with van der Waals surface area (Å²) in [4.78, 5) is 11.6. The average molecular weight is 314 g/mol. The van der Waals surface area contributed by atoms with Gasteiger partial charge in [-0.15, -0.1) is 0 Å². The topological polar surface area (TPSA) is 51.2 Å². The molecule has 2 aromatic rings. The van der Waals surface area contributed by atoms with E-state index in [2.05, 4.69) is 0 Å². The Balaban J connectivity index is 0.000000677. The number of rotatable bonds is 4. The van der Waals surface area contributed by atoms with Crippen LogP contribution in [-0.4, -0.2) is 5.78 Å². The molecule has 0 bridgehead atoms. The fourth-order valence-electron chi connectivity index (χ4n) is 1.54. The Labute approximate surface area is 132 Å². The van der Waals surface area contributed by atoms with Gasteiger partial charge in [0.15, 0.2) is 5.78 Å². The molecule has 0 radical (unpaired) electrons. The molecule has 0 heterocycles. The number of carbonyl (C=O) groups excluding carboxylic acids is 1. The average Bonchev–Trinajstić information content (AvgIpc) is 2.54. The van der Waals surface area contributed by atoms with Crippen LogP contribution in [0.15, 0.2) is 72.8 Å². The molecule has 104 valence electrons. The summed E-state index contributed by atoms with van der Waals surface area (Å²) in [5.74, 6) is -0.0114. The molecule has 0 fully saturated rings. The molecule has 2 rings (SSSR count). The molecule has 3 nitrogen and oxygen atoms in total. The van der Waals surface area contributed by atoms with E-state index >= 15 is 0 Å². The summed E-state index contributed by atoms with van der Waals surface area (Å²) in [6.07, 6.45) is 6.79. The van der Waals surface area contributed by atoms with E-state index in [0.29, 0.717) is 0 Å². The van der Waals surface area contributed by atoms with Crippen LogP contribution >= 0.6 is 0 Å². The van der Waals surface area contributed by atoms with E-state index in [0.717, 1.165) is 11.1 Å². The van der Waals surface area contributed by atoms with Gasteiger partial charge < -0.3 is 0 Å². The zero-order valence-electron chi connectivity index (χ0n) is 11.3. The second kappa shape index (κ2) is 10.7. The van der Waals surface area contributed by atoms with Crippen molar-refractivity contribution in [1.82, 2.24) is 0 Å². The monoisotopic (exact) mass is 314 g/mol. The summed E-state index contributed by atoms with van der Waals surface area (Å²) >= 11 is -2.00. The molecule has 0 aliphatic heterocycles. The van der Waals surface area contributed by atoms with E-state index in [1.807, 2.05) is 72.8 Å². The van der Waals surface area contributed by atoms with E-state index in [1.54, 1.807) is 12.2 Å². The Morgan fingerprint density at radius 3 is 1.38 bits per heavy atom. The van der Waals surface area contributed by atoms with Crippen LogP contribution in [0.25, 0.3) is 12.2 Å². The van der Waals surface area contributed by atoms with Gasteiger partial charge in [0.25, 0.3) is 0 Å². The van der Waals surface area contributed by atoms with Crippen LogP contribution in [0.3, 0.4) is 0 Å². The molecule has 0 spiro atoms. The molecular formula is C17H14O3Ti. The number of benzene rings is 2. The summed E-state index contributed by atoms with van der Waals surface area (Å²) < 4.78 is 17.0. The van der Waals surface area contributed by atoms with Gasteiger partial charge in [0.2, 0.25) is 0 Å². The zero-order chi connectivity index (χ0) is 15.3. The molecule has 0 unspecified atom stereocenters. The maximum absolute atomic E-state index is 11.6. The third kappa shape index (κ3) is 7.93. The SMILES string of the molecule is O=C(C=Cc1ccccc1)C=Cc1ccccc1.[O]=[Ti]=[O]. The first kappa shape index (κ1) is 17.0. The first-order valence-electron chi connectivity index (χ1n) is 6.26. The van der Waals surface area contributed by atoms with Crippen molar-refractivity contribution in [3.8, 4) is 0 Å². The van der Waals surface area contributed by atoms with Crippen molar-refractivity contribution in [3.05, 3.63) is 83.9 Å². The van der Waals surface area contributed by atoms with E-state index in [9.17, 15) is 4.79 Å². The molecular weight excluding hydrogens is 300 g/mol. The second-order valence-corrected chi connectivity index (χ2v) is 4.23. The van der Waals surface area contributed by atoms with Crippen LogP contribution in [0.1, 0.15) is 11.1 Å². The number of hydrogen-bond donors (Lipinski definition) is 0. The van der Waals surface area contributed by atoms with Gasteiger partial charge in [0, 0.05) is 0 Å². The number of hydrogen-bond acceptors (Lipinski definition) is 3.